The van der Waals surface area contributed by atoms with E-state index in [1.165, 1.54) is 48.6 Å². The topological polar surface area (TPSA) is 236 Å². The molecule has 3 rings (SSSR count). The fraction of sp³-hybridized carbons (Fsp3) is 0. The summed E-state index contributed by atoms with van der Waals surface area (Å²) in [6, 6.07) is 7.19. The van der Waals surface area contributed by atoms with Crippen LogP contribution in [0.25, 0.3) is 12.2 Å². The number of nitrogens with zero attached hydrogens (tertiary/aromatic N) is 4. The zero-order chi connectivity index (χ0) is 27.7. The van der Waals surface area contributed by atoms with Crippen molar-refractivity contribution < 1.29 is 38.5 Å². The van der Waals surface area contributed by atoms with Gasteiger partial charge in [0.15, 0.2) is 11.5 Å². The van der Waals surface area contributed by atoms with E-state index in [0.29, 0.717) is 0 Å². The van der Waals surface area contributed by atoms with Crippen molar-refractivity contribution in [1.82, 2.24) is 10.9 Å². The van der Waals surface area contributed by atoms with Crippen LogP contribution in [0.5, 0.6) is 11.5 Å². The lowest BCUT2D eigenvalue weighted by Gasteiger charge is -2.08. The van der Waals surface area contributed by atoms with Crippen LogP contribution in [0.1, 0.15) is 32.2 Å². The monoisotopic (exact) mass is 524 g/mol. The third kappa shape index (κ3) is 6.75. The molecule has 194 valence electrons. The lowest BCUT2D eigenvalue weighted by atomic mass is 10.1. The zero-order valence-electron chi connectivity index (χ0n) is 18.9. The molecule has 4 N–H and O–H groups in total. The summed E-state index contributed by atoms with van der Waals surface area (Å²) in [5.41, 5.74) is 3.40. The normalized spacial score (nSPS) is 11.6. The first kappa shape index (κ1) is 26.5. The van der Waals surface area contributed by atoms with Gasteiger partial charge in [-0.15, -0.1) is 0 Å². The van der Waals surface area contributed by atoms with E-state index in [-0.39, 0.29) is 22.6 Å². The van der Waals surface area contributed by atoms with Crippen LogP contribution in [0.2, 0.25) is 0 Å². The van der Waals surface area contributed by atoms with E-state index in [2.05, 4.69) is 21.1 Å². The summed E-state index contributed by atoms with van der Waals surface area (Å²) in [6.07, 6.45) is 7.60. The smallest absolute Gasteiger partial charge is 0.433 e. The number of amides is 2. The number of benzene rings is 1. The molecule has 0 bridgehead atoms. The zero-order valence-corrected chi connectivity index (χ0v) is 18.9. The van der Waals surface area contributed by atoms with Crippen molar-refractivity contribution in [3.8, 4) is 11.5 Å². The number of rotatable bonds is 10. The summed E-state index contributed by atoms with van der Waals surface area (Å²) in [7, 11) is 0. The molecule has 0 radical (unpaired) electrons. The van der Waals surface area contributed by atoms with Gasteiger partial charge in [-0.3, -0.25) is 29.8 Å². The number of phenolic OH excluding ortho intramolecular Hbond substituents is 2. The molecule has 16 heteroatoms. The van der Waals surface area contributed by atoms with Gasteiger partial charge in [-0.1, -0.05) is 0 Å². The molecule has 2 amide bonds. The molecule has 0 aliphatic heterocycles. The summed E-state index contributed by atoms with van der Waals surface area (Å²) < 4.78 is 9.80. The Morgan fingerprint density at radius 2 is 1.13 bits per heavy atom. The second-order valence-corrected chi connectivity index (χ2v) is 6.88. The van der Waals surface area contributed by atoms with Gasteiger partial charge in [0.25, 0.3) is 11.8 Å². The van der Waals surface area contributed by atoms with Gasteiger partial charge in [0.2, 0.25) is 0 Å². The molecule has 0 aliphatic rings. The molecule has 0 spiro atoms. The van der Waals surface area contributed by atoms with Gasteiger partial charge in [-0.2, -0.15) is 10.2 Å². The van der Waals surface area contributed by atoms with E-state index in [0.717, 1.165) is 24.6 Å². The number of allylic oxidation sites excluding steroid dienone is 2. The Morgan fingerprint density at radius 1 is 0.737 bits per heavy atom. The Morgan fingerprint density at radius 3 is 1.47 bits per heavy atom. The first-order chi connectivity index (χ1) is 18.2. The third-order valence-electron chi connectivity index (χ3n) is 4.40. The molecule has 0 unspecified atom stereocenters. The molecule has 0 atom stereocenters. The standard InChI is InChI=1S/C22H16N6O10/c29-19-15(21(31)25-23-11-1-3-13-5-9-17(37-13)27(33)34)7-8-16(20(19)30)22(32)26-24-12-2-4-14-6-10-18(38-14)28(35)36/h1-12,29-30H,(H,25,31)(H,26,32)/b3-1+,4-2+,23-11+,24-12+. The average molecular weight is 524 g/mol. The van der Waals surface area contributed by atoms with Gasteiger partial charge < -0.3 is 19.0 Å². The number of hydrazone groups is 2. The summed E-state index contributed by atoms with van der Waals surface area (Å²) in [5.74, 6) is -4.12. The number of nitro groups is 2. The second kappa shape index (κ2) is 12.1. The molecular weight excluding hydrogens is 508 g/mol. The Labute approximate surface area is 211 Å². The second-order valence-electron chi connectivity index (χ2n) is 6.88. The van der Waals surface area contributed by atoms with Crippen molar-refractivity contribution in [2.45, 2.75) is 0 Å². The fourth-order valence-electron chi connectivity index (χ4n) is 2.68. The molecule has 16 nitrogen and oxygen atoms in total. The van der Waals surface area contributed by atoms with E-state index in [1.54, 1.807) is 0 Å². The molecule has 0 saturated carbocycles. The highest BCUT2D eigenvalue weighted by Gasteiger charge is 2.20. The number of hydrogen-bond acceptors (Lipinski definition) is 12. The SMILES string of the molecule is O=C(N/N=C/C=C/c1ccc([N+](=O)[O-])o1)c1ccc(C(=O)N/N=C/C=C/c2ccc([N+](=O)[O-])o2)c(O)c1O. The van der Waals surface area contributed by atoms with E-state index in [9.17, 15) is 40.0 Å². The van der Waals surface area contributed by atoms with Gasteiger partial charge in [0, 0.05) is 12.4 Å². The van der Waals surface area contributed by atoms with Crippen LogP contribution in [0, 0.1) is 20.2 Å². The molecule has 3 aromatic rings. The van der Waals surface area contributed by atoms with Crippen molar-refractivity contribution in [3.05, 3.63) is 91.4 Å². The van der Waals surface area contributed by atoms with Crippen molar-refractivity contribution in [1.29, 1.82) is 0 Å². The molecule has 2 aromatic heterocycles. The van der Waals surface area contributed by atoms with Gasteiger partial charge >= 0.3 is 11.8 Å². The predicted octanol–water partition coefficient (Wildman–Crippen LogP) is 2.96. The Bertz CT molecular complexity index is 1390. The molecule has 38 heavy (non-hydrogen) atoms. The highest BCUT2D eigenvalue weighted by molar-refractivity contribution is 6.03. The van der Waals surface area contributed by atoms with Crippen molar-refractivity contribution in [2.75, 3.05) is 0 Å². The van der Waals surface area contributed by atoms with Crippen molar-refractivity contribution in [2.24, 2.45) is 10.2 Å². The van der Waals surface area contributed by atoms with Gasteiger partial charge in [-0.25, -0.2) is 10.9 Å². The first-order valence-corrected chi connectivity index (χ1v) is 10.2. The summed E-state index contributed by atoms with van der Waals surface area (Å²) in [4.78, 5) is 44.2. The fourth-order valence-corrected chi connectivity index (χ4v) is 2.68. The molecule has 1 aromatic carbocycles. The Balaban J connectivity index is 1.55. The van der Waals surface area contributed by atoms with Crippen molar-refractivity contribution in [3.63, 3.8) is 0 Å². The number of nitrogens with one attached hydrogen (secondary N) is 2. The van der Waals surface area contributed by atoms with Crippen molar-refractivity contribution >= 4 is 48.2 Å². The molecule has 2 heterocycles. The minimum absolute atomic E-state index is 0.176. The lowest BCUT2D eigenvalue weighted by molar-refractivity contribution is -0.402. The maximum Gasteiger partial charge on any atom is 0.433 e. The summed E-state index contributed by atoms with van der Waals surface area (Å²) in [6.45, 7) is 0. The van der Waals surface area contributed by atoms with Crippen LogP contribution in [-0.4, -0.2) is 44.3 Å². The Kier molecular flexibility index (Phi) is 8.43. The van der Waals surface area contributed by atoms with E-state index < -0.39 is 44.9 Å². The number of furan rings is 2. The van der Waals surface area contributed by atoms with Gasteiger partial charge in [-0.05, 0) is 48.6 Å². The van der Waals surface area contributed by atoms with Crippen LogP contribution < -0.4 is 10.9 Å². The maximum absolute atomic E-state index is 12.2. The predicted molar refractivity (Wildman–Crippen MR) is 130 cm³/mol. The Hall–Kier alpha value is -6.06. The minimum atomic E-state index is -0.913. The van der Waals surface area contributed by atoms with Gasteiger partial charge in [0.05, 0.1) is 23.3 Å². The first-order valence-electron chi connectivity index (χ1n) is 10.2. The van der Waals surface area contributed by atoms with E-state index >= 15 is 0 Å². The average Bonchev–Trinajstić information content (AvgIpc) is 3.55. The lowest BCUT2D eigenvalue weighted by Crippen LogP contribution is -2.20. The number of aromatic hydroxyl groups is 2. The largest absolute Gasteiger partial charge is 0.504 e. The van der Waals surface area contributed by atoms with E-state index in [1.807, 2.05) is 0 Å². The van der Waals surface area contributed by atoms with Crippen LogP contribution in [0.15, 0.2) is 67.6 Å². The van der Waals surface area contributed by atoms with E-state index in [4.69, 9.17) is 8.83 Å². The highest BCUT2D eigenvalue weighted by atomic mass is 16.7. The number of carbonyl (C=O) groups is 2. The molecule has 0 aliphatic carbocycles. The van der Waals surface area contributed by atoms with Gasteiger partial charge in [0.1, 0.15) is 21.4 Å². The van der Waals surface area contributed by atoms with Crippen LogP contribution in [0.3, 0.4) is 0 Å². The maximum atomic E-state index is 12.2. The van der Waals surface area contributed by atoms with Crippen LogP contribution in [-0.2, 0) is 0 Å². The summed E-state index contributed by atoms with van der Waals surface area (Å²) in [5, 5.41) is 48.6. The molecule has 0 fully saturated rings. The molecular formula is C22H16N6O10. The number of phenols is 2. The quantitative estimate of drug-likeness (QED) is 0.131. The minimum Gasteiger partial charge on any atom is -0.504 e. The number of carbonyl (C=O) groups excluding carboxylic acids is 2. The third-order valence-corrected chi connectivity index (χ3v) is 4.40. The van der Waals surface area contributed by atoms with Crippen LogP contribution >= 0.6 is 0 Å². The molecule has 0 saturated heterocycles. The number of hydrogen-bond donors (Lipinski definition) is 4. The van der Waals surface area contributed by atoms with Crippen LogP contribution in [0.4, 0.5) is 11.8 Å². The summed E-state index contributed by atoms with van der Waals surface area (Å²) >= 11 is 0. The highest BCUT2D eigenvalue weighted by Crippen LogP contribution is 2.32.